The molecule has 0 aromatic heterocycles. The number of thiol groups is 1. The van der Waals surface area contributed by atoms with Crippen molar-refractivity contribution in [2.45, 2.75) is 84.0 Å². The van der Waals surface area contributed by atoms with E-state index in [2.05, 4.69) is 19.6 Å². The van der Waals surface area contributed by atoms with Crippen LogP contribution >= 0.6 is 12.6 Å². The molecule has 0 unspecified atom stereocenters. The molecule has 3 heteroatoms. The summed E-state index contributed by atoms with van der Waals surface area (Å²) in [7, 11) is 0. The number of rotatable bonds is 14. The molecule has 0 fully saturated rings. The van der Waals surface area contributed by atoms with E-state index in [0.717, 1.165) is 18.6 Å². The normalized spacial score (nSPS) is 10.6. The highest BCUT2D eigenvalue weighted by Gasteiger charge is 2.00. The van der Waals surface area contributed by atoms with Crippen LogP contribution in [0, 0.1) is 0 Å². The van der Waals surface area contributed by atoms with Gasteiger partial charge in [-0.2, -0.15) is 12.6 Å². The molecule has 0 aliphatic rings. The van der Waals surface area contributed by atoms with Gasteiger partial charge < -0.3 is 4.74 Å². The molecule has 0 rings (SSSR count). The second-order valence-electron chi connectivity index (χ2n) is 5.23. The molecule has 0 N–H and O–H groups in total. The van der Waals surface area contributed by atoms with Crippen molar-refractivity contribution in [3.05, 3.63) is 0 Å². The van der Waals surface area contributed by atoms with Crippen LogP contribution in [0.1, 0.15) is 84.0 Å². The quantitative estimate of drug-likeness (QED) is 0.271. The molecule has 0 aromatic carbocycles. The lowest BCUT2D eigenvalue weighted by Crippen LogP contribution is -2.05. The largest absolute Gasteiger partial charge is 0.466 e. The number of ether oxygens (including phenoxy) is 1. The van der Waals surface area contributed by atoms with Crippen molar-refractivity contribution < 1.29 is 9.53 Å². The number of hydrogen-bond acceptors (Lipinski definition) is 3. The summed E-state index contributed by atoms with van der Waals surface area (Å²) < 4.78 is 5.14. The van der Waals surface area contributed by atoms with Gasteiger partial charge in [-0.05, 0) is 18.6 Å². The van der Waals surface area contributed by atoms with E-state index in [1.807, 2.05) is 0 Å². The number of unbranched alkanes of at least 4 members (excludes halogenated alkanes) is 9. The third-order valence-corrected chi connectivity index (χ3v) is 3.62. The molecule has 0 heterocycles. The highest BCUT2D eigenvalue weighted by atomic mass is 32.1. The molecule has 0 saturated carbocycles. The smallest absolute Gasteiger partial charge is 0.305 e. The van der Waals surface area contributed by atoms with Gasteiger partial charge in [-0.1, -0.05) is 64.7 Å². The van der Waals surface area contributed by atoms with Gasteiger partial charge in [0, 0.05) is 6.42 Å². The zero-order chi connectivity index (χ0) is 14.2. The Bertz CT molecular complexity index is 195. The number of esters is 1. The van der Waals surface area contributed by atoms with Gasteiger partial charge in [-0.15, -0.1) is 0 Å². The Labute approximate surface area is 125 Å². The topological polar surface area (TPSA) is 26.3 Å². The lowest BCUT2D eigenvalue weighted by molar-refractivity contribution is -0.143. The van der Waals surface area contributed by atoms with Crippen LogP contribution < -0.4 is 0 Å². The maximum Gasteiger partial charge on any atom is 0.305 e. The van der Waals surface area contributed by atoms with Gasteiger partial charge in [0.05, 0.1) is 6.61 Å². The molecule has 0 bridgehead atoms. The Morgan fingerprint density at radius 3 is 1.89 bits per heavy atom. The van der Waals surface area contributed by atoms with Crippen molar-refractivity contribution in [2.75, 3.05) is 12.4 Å². The molecule has 0 spiro atoms. The Kier molecular flexibility index (Phi) is 15.7. The van der Waals surface area contributed by atoms with Crippen molar-refractivity contribution in [3.8, 4) is 0 Å². The lowest BCUT2D eigenvalue weighted by Gasteiger charge is -2.04. The molecule has 0 atom stereocenters. The van der Waals surface area contributed by atoms with E-state index in [9.17, 15) is 4.79 Å². The SMILES string of the molecule is CCCCCCCCCCCCOC(=O)CCCS. The first kappa shape index (κ1) is 18.8. The molecule has 0 radical (unpaired) electrons. The van der Waals surface area contributed by atoms with Crippen LogP contribution in [0.4, 0.5) is 0 Å². The van der Waals surface area contributed by atoms with E-state index in [-0.39, 0.29) is 5.97 Å². The van der Waals surface area contributed by atoms with Crippen molar-refractivity contribution in [1.82, 2.24) is 0 Å². The molecule has 0 saturated heterocycles. The van der Waals surface area contributed by atoms with Crippen molar-refractivity contribution in [3.63, 3.8) is 0 Å². The van der Waals surface area contributed by atoms with Gasteiger partial charge in [0.1, 0.15) is 0 Å². The summed E-state index contributed by atoms with van der Waals surface area (Å²) >= 11 is 4.07. The average Bonchev–Trinajstić information content (AvgIpc) is 2.42. The van der Waals surface area contributed by atoms with Gasteiger partial charge >= 0.3 is 5.97 Å². The summed E-state index contributed by atoms with van der Waals surface area (Å²) in [6.07, 6.45) is 14.4. The molecule has 2 nitrogen and oxygen atoms in total. The predicted octanol–water partition coefficient (Wildman–Crippen LogP) is 5.16. The molecular formula is C16H32O2S. The fourth-order valence-electron chi connectivity index (χ4n) is 2.07. The van der Waals surface area contributed by atoms with E-state index in [1.165, 1.54) is 57.8 Å². The Morgan fingerprint density at radius 1 is 0.842 bits per heavy atom. The highest BCUT2D eigenvalue weighted by Crippen LogP contribution is 2.10. The first-order valence-electron chi connectivity index (χ1n) is 8.07. The zero-order valence-corrected chi connectivity index (χ0v) is 13.6. The Hall–Kier alpha value is -0.180. The van der Waals surface area contributed by atoms with Crippen LogP contribution in [0.5, 0.6) is 0 Å². The number of carbonyl (C=O) groups excluding carboxylic acids is 1. The van der Waals surface area contributed by atoms with Gasteiger partial charge in [-0.3, -0.25) is 4.79 Å². The highest BCUT2D eigenvalue weighted by molar-refractivity contribution is 7.80. The van der Waals surface area contributed by atoms with Crippen molar-refractivity contribution in [2.24, 2.45) is 0 Å². The molecule has 0 aromatic rings. The molecule has 0 aliphatic carbocycles. The van der Waals surface area contributed by atoms with Crippen LogP contribution in [0.2, 0.25) is 0 Å². The van der Waals surface area contributed by atoms with E-state index in [0.29, 0.717) is 13.0 Å². The summed E-state index contributed by atoms with van der Waals surface area (Å²) in [5.74, 6) is 0.692. The van der Waals surface area contributed by atoms with Crippen molar-refractivity contribution >= 4 is 18.6 Å². The Morgan fingerprint density at radius 2 is 1.37 bits per heavy atom. The monoisotopic (exact) mass is 288 g/mol. The summed E-state index contributed by atoms with van der Waals surface area (Å²) in [5, 5.41) is 0. The van der Waals surface area contributed by atoms with E-state index in [4.69, 9.17) is 4.74 Å². The summed E-state index contributed by atoms with van der Waals surface area (Å²) in [4.78, 5) is 11.2. The van der Waals surface area contributed by atoms with E-state index in [1.54, 1.807) is 0 Å². The van der Waals surface area contributed by atoms with Gasteiger partial charge in [0.25, 0.3) is 0 Å². The maximum absolute atomic E-state index is 11.2. The fourth-order valence-corrected chi connectivity index (χ4v) is 2.23. The third kappa shape index (κ3) is 15.8. The molecule has 0 amide bonds. The standard InChI is InChI=1S/C16H32O2S/c1-2-3-4-5-6-7-8-9-10-11-14-18-16(17)13-12-15-19/h19H,2-15H2,1H3. The van der Waals surface area contributed by atoms with Crippen LogP contribution in [0.25, 0.3) is 0 Å². The first-order valence-corrected chi connectivity index (χ1v) is 8.71. The summed E-state index contributed by atoms with van der Waals surface area (Å²) in [5.41, 5.74) is 0. The first-order chi connectivity index (χ1) is 9.31. The van der Waals surface area contributed by atoms with Crippen LogP contribution in [-0.4, -0.2) is 18.3 Å². The molecule has 0 aliphatic heterocycles. The Balaban J connectivity index is 3.04. The second kappa shape index (κ2) is 15.9. The minimum Gasteiger partial charge on any atom is -0.466 e. The molecular weight excluding hydrogens is 256 g/mol. The van der Waals surface area contributed by atoms with Gasteiger partial charge in [0.2, 0.25) is 0 Å². The van der Waals surface area contributed by atoms with E-state index < -0.39 is 0 Å². The van der Waals surface area contributed by atoms with Crippen LogP contribution in [0.3, 0.4) is 0 Å². The van der Waals surface area contributed by atoms with Crippen LogP contribution in [0.15, 0.2) is 0 Å². The molecule has 19 heavy (non-hydrogen) atoms. The predicted molar refractivity (Wildman–Crippen MR) is 85.9 cm³/mol. The maximum atomic E-state index is 11.2. The minimum atomic E-state index is -0.0648. The van der Waals surface area contributed by atoms with Gasteiger partial charge in [-0.25, -0.2) is 0 Å². The van der Waals surface area contributed by atoms with E-state index >= 15 is 0 Å². The number of hydrogen-bond donors (Lipinski definition) is 1. The minimum absolute atomic E-state index is 0.0648. The van der Waals surface area contributed by atoms with Crippen LogP contribution in [-0.2, 0) is 9.53 Å². The molecule has 114 valence electrons. The summed E-state index contributed by atoms with van der Waals surface area (Å²) in [6, 6.07) is 0. The summed E-state index contributed by atoms with van der Waals surface area (Å²) in [6.45, 7) is 2.85. The lowest BCUT2D eigenvalue weighted by atomic mass is 10.1. The fraction of sp³-hybridized carbons (Fsp3) is 0.938. The average molecular weight is 288 g/mol. The van der Waals surface area contributed by atoms with Gasteiger partial charge in [0.15, 0.2) is 0 Å². The third-order valence-electron chi connectivity index (χ3n) is 3.30. The zero-order valence-electron chi connectivity index (χ0n) is 12.7. The van der Waals surface area contributed by atoms with Crippen molar-refractivity contribution in [1.29, 1.82) is 0 Å². The number of carbonyl (C=O) groups is 1. The second-order valence-corrected chi connectivity index (χ2v) is 5.68.